The van der Waals surface area contributed by atoms with E-state index in [2.05, 4.69) is 10.3 Å². The second kappa shape index (κ2) is 7.59. The van der Waals surface area contributed by atoms with Crippen LogP contribution in [0.2, 0.25) is 0 Å². The first-order valence-electron chi connectivity index (χ1n) is 8.82. The molecule has 0 aliphatic carbocycles. The Kier molecular flexibility index (Phi) is 5.43. The van der Waals surface area contributed by atoms with Crippen molar-refractivity contribution in [1.82, 2.24) is 13.9 Å². The lowest BCUT2D eigenvalue weighted by atomic mass is 10.1. The largest absolute Gasteiger partial charge is 0.327 e. The summed E-state index contributed by atoms with van der Waals surface area (Å²) in [5.41, 5.74) is 2.90. The van der Waals surface area contributed by atoms with Crippen molar-refractivity contribution in [3.8, 4) is 0 Å². The maximum absolute atomic E-state index is 12.5. The van der Waals surface area contributed by atoms with Gasteiger partial charge in [0.1, 0.15) is 6.54 Å². The Bertz CT molecular complexity index is 899. The molecule has 1 saturated heterocycles. The fraction of sp³-hybridized carbons (Fsp3) is 0.444. The van der Waals surface area contributed by atoms with E-state index in [-0.39, 0.29) is 17.5 Å². The summed E-state index contributed by atoms with van der Waals surface area (Å²) in [7, 11) is -3.56. The van der Waals surface area contributed by atoms with E-state index in [0.29, 0.717) is 13.1 Å². The highest BCUT2D eigenvalue weighted by Crippen LogP contribution is 2.22. The van der Waals surface area contributed by atoms with E-state index >= 15 is 0 Å². The molecule has 1 aromatic heterocycles. The average Bonchev–Trinajstić information content (AvgIpc) is 3.28. The molecule has 0 bridgehead atoms. The minimum absolute atomic E-state index is 0.00246. The zero-order chi connectivity index (χ0) is 18.7. The van der Waals surface area contributed by atoms with Crippen LogP contribution in [0, 0.1) is 6.92 Å². The predicted octanol–water partition coefficient (Wildman–Crippen LogP) is 2.18. The zero-order valence-electron chi connectivity index (χ0n) is 15.1. The summed E-state index contributed by atoms with van der Waals surface area (Å²) in [6.45, 7) is 5.06. The fourth-order valence-electron chi connectivity index (χ4n) is 3.17. The summed E-state index contributed by atoms with van der Waals surface area (Å²) >= 11 is 0. The van der Waals surface area contributed by atoms with Crippen LogP contribution in [0.4, 0.5) is 5.69 Å². The van der Waals surface area contributed by atoms with Gasteiger partial charge in [0.2, 0.25) is 5.91 Å². The summed E-state index contributed by atoms with van der Waals surface area (Å²) in [5, 5.41) is 2.93. The number of amides is 1. The molecule has 1 aliphatic heterocycles. The van der Waals surface area contributed by atoms with Crippen LogP contribution in [0.1, 0.15) is 30.9 Å². The van der Waals surface area contributed by atoms with Crippen molar-refractivity contribution in [3.63, 3.8) is 0 Å². The molecule has 2 aromatic rings. The smallest absolute Gasteiger partial charge is 0.262 e. The van der Waals surface area contributed by atoms with Gasteiger partial charge in [0.25, 0.3) is 10.0 Å². The molecule has 8 heteroatoms. The highest BCUT2D eigenvalue weighted by Gasteiger charge is 2.29. The van der Waals surface area contributed by atoms with Crippen LogP contribution < -0.4 is 5.32 Å². The molecule has 3 rings (SSSR count). The van der Waals surface area contributed by atoms with Crippen LogP contribution in [0.25, 0.3) is 0 Å². The maximum Gasteiger partial charge on any atom is 0.262 e. The van der Waals surface area contributed by atoms with Crippen molar-refractivity contribution in [2.45, 2.75) is 44.7 Å². The number of aryl methyl sites for hydroxylation is 2. The number of hydrogen-bond acceptors (Lipinski definition) is 4. The number of anilines is 1. The number of nitrogens with one attached hydrogen (secondary N) is 1. The van der Waals surface area contributed by atoms with E-state index in [9.17, 15) is 13.2 Å². The minimum Gasteiger partial charge on any atom is -0.327 e. The first kappa shape index (κ1) is 18.6. The monoisotopic (exact) mass is 376 g/mol. The molecule has 0 spiro atoms. The van der Waals surface area contributed by atoms with E-state index in [1.54, 1.807) is 0 Å². The summed E-state index contributed by atoms with van der Waals surface area (Å²) < 4.78 is 28.0. The number of para-hydroxylation sites is 1. The van der Waals surface area contributed by atoms with Crippen molar-refractivity contribution < 1.29 is 13.2 Å². The van der Waals surface area contributed by atoms with Gasteiger partial charge in [0.05, 0.1) is 6.33 Å². The van der Waals surface area contributed by atoms with Crippen LogP contribution >= 0.6 is 0 Å². The summed E-state index contributed by atoms with van der Waals surface area (Å²) in [5.74, 6) is -0.212. The summed E-state index contributed by atoms with van der Waals surface area (Å²) in [4.78, 5) is 16.4. The van der Waals surface area contributed by atoms with Gasteiger partial charge in [-0.15, -0.1) is 0 Å². The number of hydrogen-bond donors (Lipinski definition) is 1. The molecule has 0 saturated carbocycles. The van der Waals surface area contributed by atoms with E-state index in [1.165, 1.54) is 21.4 Å². The Morgan fingerprint density at radius 1 is 1.27 bits per heavy atom. The SMILES string of the molecule is CCc1cccc(C)c1NC(=O)Cn1cnc(S(=O)(=O)N2CCCC2)c1. The van der Waals surface area contributed by atoms with Gasteiger partial charge in [0.15, 0.2) is 5.03 Å². The van der Waals surface area contributed by atoms with Gasteiger partial charge in [-0.3, -0.25) is 4.79 Å². The molecule has 1 amide bonds. The van der Waals surface area contributed by atoms with Gasteiger partial charge in [-0.25, -0.2) is 13.4 Å². The third-order valence-corrected chi connectivity index (χ3v) is 6.39. The van der Waals surface area contributed by atoms with Gasteiger partial charge in [-0.2, -0.15) is 4.31 Å². The Hall–Kier alpha value is -2.19. The Morgan fingerprint density at radius 2 is 2.00 bits per heavy atom. The number of aromatic nitrogens is 2. The van der Waals surface area contributed by atoms with Crippen LogP contribution in [0.3, 0.4) is 0 Å². The van der Waals surface area contributed by atoms with Gasteiger partial charge in [-0.1, -0.05) is 25.1 Å². The summed E-state index contributed by atoms with van der Waals surface area (Å²) in [6, 6.07) is 5.91. The number of imidazole rings is 1. The lowest BCUT2D eigenvalue weighted by Crippen LogP contribution is -2.28. The van der Waals surface area contributed by atoms with Crippen LogP contribution in [0.15, 0.2) is 35.7 Å². The molecule has 140 valence electrons. The highest BCUT2D eigenvalue weighted by atomic mass is 32.2. The van der Waals surface area contributed by atoms with Gasteiger partial charge < -0.3 is 9.88 Å². The molecule has 26 heavy (non-hydrogen) atoms. The highest BCUT2D eigenvalue weighted by molar-refractivity contribution is 7.89. The number of rotatable bonds is 6. The maximum atomic E-state index is 12.5. The van der Waals surface area contributed by atoms with Crippen molar-refractivity contribution in [2.24, 2.45) is 0 Å². The molecule has 1 N–H and O–H groups in total. The molecular weight excluding hydrogens is 352 g/mol. The standard InChI is InChI=1S/C18H24N4O3S/c1-3-15-8-6-7-14(2)18(15)20-16(23)11-21-12-17(19-13-21)26(24,25)22-9-4-5-10-22/h6-8,12-13H,3-5,9-11H2,1-2H3,(H,20,23). The number of benzene rings is 1. The molecule has 0 radical (unpaired) electrons. The molecule has 0 unspecified atom stereocenters. The van der Waals surface area contributed by atoms with E-state index in [0.717, 1.165) is 36.1 Å². The first-order valence-corrected chi connectivity index (χ1v) is 10.3. The number of nitrogens with zero attached hydrogens (tertiary/aromatic N) is 3. The van der Waals surface area contributed by atoms with Crippen molar-refractivity contribution in [2.75, 3.05) is 18.4 Å². The Morgan fingerprint density at radius 3 is 2.69 bits per heavy atom. The van der Waals surface area contributed by atoms with E-state index in [1.807, 2.05) is 32.0 Å². The van der Waals surface area contributed by atoms with Crippen LogP contribution in [0.5, 0.6) is 0 Å². The van der Waals surface area contributed by atoms with Gasteiger partial charge in [0, 0.05) is 25.0 Å². The van der Waals surface area contributed by atoms with Crippen molar-refractivity contribution in [1.29, 1.82) is 0 Å². The Labute approximate surface area is 154 Å². The molecule has 7 nitrogen and oxygen atoms in total. The van der Waals surface area contributed by atoms with E-state index < -0.39 is 10.0 Å². The predicted molar refractivity (Wildman–Crippen MR) is 99.4 cm³/mol. The minimum atomic E-state index is -3.56. The number of carbonyl (C=O) groups is 1. The molecular formula is C18H24N4O3S. The normalized spacial score (nSPS) is 15.3. The zero-order valence-corrected chi connectivity index (χ0v) is 15.9. The molecule has 1 fully saturated rings. The molecule has 2 heterocycles. The second-order valence-corrected chi connectivity index (χ2v) is 8.39. The van der Waals surface area contributed by atoms with E-state index in [4.69, 9.17) is 0 Å². The number of sulfonamides is 1. The first-order chi connectivity index (χ1) is 12.4. The summed E-state index contributed by atoms with van der Waals surface area (Å²) in [6.07, 6.45) is 5.38. The quantitative estimate of drug-likeness (QED) is 0.837. The topological polar surface area (TPSA) is 84.3 Å². The average molecular weight is 376 g/mol. The van der Waals surface area contributed by atoms with Crippen LogP contribution in [-0.2, 0) is 27.8 Å². The van der Waals surface area contributed by atoms with Crippen molar-refractivity contribution in [3.05, 3.63) is 41.9 Å². The molecule has 1 aliphatic rings. The fourth-order valence-corrected chi connectivity index (χ4v) is 4.62. The number of carbonyl (C=O) groups excluding carboxylic acids is 1. The lowest BCUT2D eigenvalue weighted by molar-refractivity contribution is -0.116. The lowest BCUT2D eigenvalue weighted by Gasteiger charge is -2.13. The van der Waals surface area contributed by atoms with Gasteiger partial charge >= 0.3 is 0 Å². The van der Waals surface area contributed by atoms with Gasteiger partial charge in [-0.05, 0) is 37.3 Å². The third-order valence-electron chi connectivity index (χ3n) is 4.61. The third kappa shape index (κ3) is 3.81. The molecule has 1 aromatic carbocycles. The second-order valence-electron chi connectivity index (χ2n) is 6.51. The van der Waals surface area contributed by atoms with Crippen LogP contribution in [-0.4, -0.2) is 41.3 Å². The van der Waals surface area contributed by atoms with Crippen molar-refractivity contribution >= 4 is 21.6 Å². The Balaban J connectivity index is 1.71. The molecule has 0 atom stereocenters.